The van der Waals surface area contributed by atoms with Gasteiger partial charge in [0.05, 0.1) is 11.4 Å². The van der Waals surface area contributed by atoms with E-state index in [0.29, 0.717) is 24.6 Å². The highest BCUT2D eigenvalue weighted by Crippen LogP contribution is 2.22. The molecule has 7 nitrogen and oxygen atoms in total. The molecule has 2 aromatic heterocycles. The highest BCUT2D eigenvalue weighted by atomic mass is 79.9. The number of amides is 2. The molecule has 1 aromatic carbocycles. The molecule has 0 atom stereocenters. The van der Waals surface area contributed by atoms with Crippen molar-refractivity contribution in [2.24, 2.45) is 0 Å². The van der Waals surface area contributed by atoms with E-state index < -0.39 is 0 Å². The Morgan fingerprint density at radius 1 is 1.25 bits per heavy atom. The molecule has 2 heterocycles. The van der Waals surface area contributed by atoms with Gasteiger partial charge in [0.2, 0.25) is 23.5 Å². The van der Waals surface area contributed by atoms with Crippen molar-refractivity contribution in [2.75, 3.05) is 11.9 Å². The average Bonchev–Trinajstić information content (AvgIpc) is 3.34. The Kier molecular flexibility index (Phi) is 6.94. The van der Waals surface area contributed by atoms with Crippen molar-refractivity contribution in [3.63, 3.8) is 0 Å². The molecule has 0 fully saturated rings. The SMILES string of the molecule is Cc1cc(Br)ccc1NC(=O)CNC(=O)CCCc1nc(-c2cccs2)no1. The van der Waals surface area contributed by atoms with E-state index in [2.05, 4.69) is 36.7 Å². The van der Waals surface area contributed by atoms with Gasteiger partial charge in [0.15, 0.2) is 0 Å². The van der Waals surface area contributed by atoms with Crippen molar-refractivity contribution >= 4 is 44.8 Å². The molecule has 9 heteroatoms. The van der Waals surface area contributed by atoms with Crippen molar-refractivity contribution in [2.45, 2.75) is 26.2 Å². The van der Waals surface area contributed by atoms with Crippen LogP contribution >= 0.6 is 27.3 Å². The van der Waals surface area contributed by atoms with Crippen LogP contribution in [0.1, 0.15) is 24.3 Å². The number of aryl methyl sites for hydroxylation is 2. The summed E-state index contributed by atoms with van der Waals surface area (Å²) in [6.07, 6.45) is 1.35. The molecular weight excluding hydrogens is 444 g/mol. The van der Waals surface area contributed by atoms with Gasteiger partial charge >= 0.3 is 0 Å². The smallest absolute Gasteiger partial charge is 0.243 e. The van der Waals surface area contributed by atoms with E-state index >= 15 is 0 Å². The summed E-state index contributed by atoms with van der Waals surface area (Å²) in [7, 11) is 0. The Balaban J connectivity index is 1.37. The lowest BCUT2D eigenvalue weighted by Crippen LogP contribution is -2.32. The summed E-state index contributed by atoms with van der Waals surface area (Å²) in [4.78, 5) is 29.2. The van der Waals surface area contributed by atoms with Gasteiger partial charge in [-0.1, -0.05) is 27.2 Å². The summed E-state index contributed by atoms with van der Waals surface area (Å²) in [6, 6.07) is 9.42. The average molecular weight is 463 g/mol. The largest absolute Gasteiger partial charge is 0.347 e. The summed E-state index contributed by atoms with van der Waals surface area (Å²) in [6.45, 7) is 1.83. The van der Waals surface area contributed by atoms with Crippen molar-refractivity contribution in [3.05, 3.63) is 51.6 Å². The Morgan fingerprint density at radius 3 is 2.86 bits per heavy atom. The van der Waals surface area contributed by atoms with E-state index in [-0.39, 0.29) is 24.8 Å². The van der Waals surface area contributed by atoms with Crippen molar-refractivity contribution in [1.29, 1.82) is 0 Å². The highest BCUT2D eigenvalue weighted by molar-refractivity contribution is 9.10. The van der Waals surface area contributed by atoms with Crippen LogP contribution < -0.4 is 10.6 Å². The summed E-state index contributed by atoms with van der Waals surface area (Å²) in [5.74, 6) is 0.603. The Bertz CT molecular complexity index is 956. The lowest BCUT2D eigenvalue weighted by molar-refractivity contribution is -0.124. The van der Waals surface area contributed by atoms with Crippen LogP contribution in [0.4, 0.5) is 5.69 Å². The van der Waals surface area contributed by atoms with Crippen molar-refractivity contribution in [3.8, 4) is 10.7 Å². The van der Waals surface area contributed by atoms with Crippen LogP contribution in [0.15, 0.2) is 44.7 Å². The zero-order valence-corrected chi connectivity index (χ0v) is 17.6. The fraction of sp³-hybridized carbons (Fsp3) is 0.263. The van der Waals surface area contributed by atoms with Crippen LogP contribution in [-0.4, -0.2) is 28.5 Å². The zero-order valence-electron chi connectivity index (χ0n) is 15.2. The van der Waals surface area contributed by atoms with Gasteiger partial charge < -0.3 is 15.2 Å². The van der Waals surface area contributed by atoms with Gasteiger partial charge in [-0.2, -0.15) is 4.98 Å². The van der Waals surface area contributed by atoms with Crippen LogP contribution in [0.3, 0.4) is 0 Å². The number of carbonyl (C=O) groups is 2. The molecule has 0 spiro atoms. The van der Waals surface area contributed by atoms with Crippen LogP contribution in [0.2, 0.25) is 0 Å². The Hall–Kier alpha value is -2.52. The van der Waals surface area contributed by atoms with Gasteiger partial charge in [-0.05, 0) is 48.6 Å². The molecule has 3 rings (SSSR count). The molecule has 0 saturated carbocycles. The third-order valence-corrected chi connectivity index (χ3v) is 5.27. The maximum Gasteiger partial charge on any atom is 0.243 e. The number of nitrogens with one attached hydrogen (secondary N) is 2. The topological polar surface area (TPSA) is 97.1 Å². The van der Waals surface area contributed by atoms with Gasteiger partial charge in [-0.25, -0.2) is 0 Å². The number of anilines is 1. The van der Waals surface area contributed by atoms with Gasteiger partial charge in [0, 0.05) is 23.0 Å². The van der Waals surface area contributed by atoms with Crippen molar-refractivity contribution < 1.29 is 14.1 Å². The number of aromatic nitrogens is 2. The molecule has 146 valence electrons. The molecule has 3 aromatic rings. The predicted molar refractivity (Wildman–Crippen MR) is 111 cm³/mol. The van der Waals surface area contributed by atoms with Gasteiger partial charge in [-0.15, -0.1) is 11.3 Å². The number of nitrogens with zero attached hydrogens (tertiary/aromatic N) is 2. The Labute approximate surface area is 174 Å². The third-order valence-electron chi connectivity index (χ3n) is 3.91. The van der Waals surface area contributed by atoms with Gasteiger partial charge in [-0.3, -0.25) is 9.59 Å². The standard InChI is InChI=1S/C19H19BrN4O3S/c1-12-10-13(20)7-8-14(12)22-17(26)11-21-16(25)5-2-6-18-23-19(24-27-18)15-4-3-9-28-15/h3-4,7-10H,2,5-6,11H2,1H3,(H,21,25)(H,22,26). The first-order valence-electron chi connectivity index (χ1n) is 8.70. The summed E-state index contributed by atoms with van der Waals surface area (Å²) in [5.41, 5.74) is 1.66. The molecule has 0 aliphatic rings. The number of halogens is 1. The molecular formula is C19H19BrN4O3S. The second kappa shape index (κ2) is 9.61. The maximum absolute atomic E-state index is 12.0. The van der Waals surface area contributed by atoms with Crippen LogP contribution in [0.5, 0.6) is 0 Å². The molecule has 0 aliphatic carbocycles. The number of benzene rings is 1. The summed E-state index contributed by atoms with van der Waals surface area (Å²) in [5, 5.41) is 11.3. The minimum atomic E-state index is -0.267. The normalized spacial score (nSPS) is 10.6. The fourth-order valence-electron chi connectivity index (χ4n) is 2.49. The fourth-order valence-corrected chi connectivity index (χ4v) is 3.62. The predicted octanol–water partition coefficient (Wildman–Crippen LogP) is 3.95. The lowest BCUT2D eigenvalue weighted by atomic mass is 10.2. The number of rotatable bonds is 8. The minimum Gasteiger partial charge on any atom is -0.347 e. The van der Waals surface area contributed by atoms with E-state index in [1.807, 2.05) is 42.6 Å². The van der Waals surface area contributed by atoms with Crippen molar-refractivity contribution in [1.82, 2.24) is 15.5 Å². The van der Waals surface area contributed by atoms with E-state index in [0.717, 1.165) is 20.6 Å². The second-order valence-corrected chi connectivity index (χ2v) is 7.99. The summed E-state index contributed by atoms with van der Waals surface area (Å²) >= 11 is 4.92. The van der Waals surface area contributed by atoms with Gasteiger partial charge in [0.25, 0.3) is 0 Å². The first-order chi connectivity index (χ1) is 13.5. The molecule has 0 saturated heterocycles. The molecule has 0 unspecified atom stereocenters. The van der Waals surface area contributed by atoms with Gasteiger partial charge in [0.1, 0.15) is 0 Å². The first-order valence-corrected chi connectivity index (χ1v) is 10.4. The van der Waals surface area contributed by atoms with E-state index in [9.17, 15) is 9.59 Å². The van der Waals surface area contributed by atoms with E-state index in [1.54, 1.807) is 11.3 Å². The van der Waals surface area contributed by atoms with Crippen LogP contribution in [0.25, 0.3) is 10.7 Å². The molecule has 28 heavy (non-hydrogen) atoms. The third kappa shape index (κ3) is 5.74. The first kappa shape index (κ1) is 20.2. The molecule has 0 aliphatic heterocycles. The summed E-state index contributed by atoms with van der Waals surface area (Å²) < 4.78 is 6.15. The van der Waals surface area contributed by atoms with E-state index in [1.165, 1.54) is 0 Å². The van der Waals surface area contributed by atoms with E-state index in [4.69, 9.17) is 4.52 Å². The highest BCUT2D eigenvalue weighted by Gasteiger charge is 2.11. The van der Waals surface area contributed by atoms with Crippen LogP contribution in [0, 0.1) is 6.92 Å². The Morgan fingerprint density at radius 2 is 2.11 bits per heavy atom. The monoisotopic (exact) mass is 462 g/mol. The quantitative estimate of drug-likeness (QED) is 0.528. The number of hydrogen-bond donors (Lipinski definition) is 2. The molecule has 2 amide bonds. The zero-order chi connectivity index (χ0) is 19.9. The number of hydrogen-bond acceptors (Lipinski definition) is 6. The maximum atomic E-state index is 12.0. The lowest BCUT2D eigenvalue weighted by Gasteiger charge is -2.09. The molecule has 0 radical (unpaired) electrons. The molecule has 2 N–H and O–H groups in total. The number of thiophene rings is 1. The van der Waals surface area contributed by atoms with Crippen LogP contribution in [-0.2, 0) is 16.0 Å². The minimum absolute atomic E-state index is 0.0720. The molecule has 0 bridgehead atoms. The number of carbonyl (C=O) groups excluding carboxylic acids is 2. The second-order valence-electron chi connectivity index (χ2n) is 6.13.